The maximum absolute atomic E-state index is 12.3. The lowest BCUT2D eigenvalue weighted by Crippen LogP contribution is -2.30. The van der Waals surface area contributed by atoms with Crippen molar-refractivity contribution in [2.75, 3.05) is 5.32 Å². The molecule has 0 radical (unpaired) electrons. The Morgan fingerprint density at radius 2 is 1.88 bits per heavy atom. The third-order valence-corrected chi connectivity index (χ3v) is 4.78. The summed E-state index contributed by atoms with van der Waals surface area (Å²) in [6.07, 6.45) is 4.68. The molecule has 5 nitrogen and oxygen atoms in total. The van der Waals surface area contributed by atoms with Crippen LogP contribution in [0.25, 0.3) is 0 Å². The standard InChI is InChI=1S/C19H18Cl2N2O3/c1-11(18(24)23-17-16(21)9-15(20)10-22-17)26-19(25)14-7-6-12-4-2-3-5-13(12)8-14/h6-11H,2-5H2,1H3,(H,22,23,24)/t11-/m1/s1. The van der Waals surface area contributed by atoms with Gasteiger partial charge in [-0.05, 0) is 61.9 Å². The highest BCUT2D eigenvalue weighted by atomic mass is 35.5. The van der Waals surface area contributed by atoms with E-state index in [9.17, 15) is 9.59 Å². The molecule has 1 amide bonds. The van der Waals surface area contributed by atoms with E-state index < -0.39 is 18.0 Å². The Morgan fingerprint density at radius 1 is 1.15 bits per heavy atom. The number of pyridine rings is 1. The number of fused-ring (bicyclic) bond motifs is 1. The smallest absolute Gasteiger partial charge is 0.338 e. The van der Waals surface area contributed by atoms with Crippen LogP contribution in [0.15, 0.2) is 30.5 Å². The summed E-state index contributed by atoms with van der Waals surface area (Å²) in [5.41, 5.74) is 2.91. The SMILES string of the molecule is C[C@@H](OC(=O)c1ccc2c(c1)CCCC2)C(=O)Nc1ncc(Cl)cc1Cl. The molecule has 26 heavy (non-hydrogen) atoms. The molecule has 1 aromatic carbocycles. The molecule has 0 unspecified atom stereocenters. The molecule has 136 valence electrons. The van der Waals surface area contributed by atoms with Crippen LogP contribution in [0.2, 0.25) is 10.0 Å². The highest BCUT2D eigenvalue weighted by molar-refractivity contribution is 6.36. The van der Waals surface area contributed by atoms with E-state index in [1.807, 2.05) is 12.1 Å². The number of hydrogen-bond donors (Lipinski definition) is 1. The summed E-state index contributed by atoms with van der Waals surface area (Å²) < 4.78 is 5.28. The summed E-state index contributed by atoms with van der Waals surface area (Å²) in [4.78, 5) is 28.5. The minimum absolute atomic E-state index is 0.165. The fourth-order valence-electron chi connectivity index (χ4n) is 2.87. The molecule has 1 atom stereocenters. The van der Waals surface area contributed by atoms with Crippen LogP contribution in [0.5, 0.6) is 0 Å². The summed E-state index contributed by atoms with van der Waals surface area (Å²) in [6.45, 7) is 1.50. The van der Waals surface area contributed by atoms with Gasteiger partial charge in [0.25, 0.3) is 5.91 Å². The van der Waals surface area contributed by atoms with Crippen LogP contribution in [-0.4, -0.2) is 23.0 Å². The van der Waals surface area contributed by atoms with Gasteiger partial charge in [0.1, 0.15) is 0 Å². The van der Waals surface area contributed by atoms with Crippen molar-refractivity contribution in [3.8, 4) is 0 Å². The van der Waals surface area contributed by atoms with E-state index in [1.165, 1.54) is 36.7 Å². The number of carbonyl (C=O) groups is 2. The fourth-order valence-corrected chi connectivity index (χ4v) is 3.29. The zero-order valence-electron chi connectivity index (χ0n) is 14.2. The Hall–Kier alpha value is -2.11. The normalized spacial score (nSPS) is 14.3. The van der Waals surface area contributed by atoms with Gasteiger partial charge < -0.3 is 10.1 Å². The topological polar surface area (TPSA) is 68.3 Å². The molecule has 7 heteroatoms. The molecule has 0 saturated heterocycles. The molecule has 1 N–H and O–H groups in total. The number of benzene rings is 1. The van der Waals surface area contributed by atoms with Crippen molar-refractivity contribution in [2.24, 2.45) is 0 Å². The van der Waals surface area contributed by atoms with E-state index >= 15 is 0 Å². The van der Waals surface area contributed by atoms with Crippen molar-refractivity contribution < 1.29 is 14.3 Å². The quantitative estimate of drug-likeness (QED) is 0.780. The first-order chi connectivity index (χ1) is 12.4. The minimum Gasteiger partial charge on any atom is -0.449 e. The monoisotopic (exact) mass is 392 g/mol. The highest BCUT2D eigenvalue weighted by Crippen LogP contribution is 2.24. The van der Waals surface area contributed by atoms with E-state index in [1.54, 1.807) is 6.07 Å². The summed E-state index contributed by atoms with van der Waals surface area (Å²) in [6, 6.07) is 7.04. The van der Waals surface area contributed by atoms with Crippen LogP contribution in [-0.2, 0) is 22.4 Å². The number of esters is 1. The number of aryl methyl sites for hydroxylation is 2. The van der Waals surface area contributed by atoms with Crippen LogP contribution >= 0.6 is 23.2 Å². The first-order valence-corrected chi connectivity index (χ1v) is 9.14. The second-order valence-corrected chi connectivity index (χ2v) is 7.05. The van der Waals surface area contributed by atoms with Gasteiger partial charge in [0.2, 0.25) is 0 Å². The second kappa shape index (κ2) is 8.06. The number of ether oxygens (including phenoxy) is 1. The molecule has 1 heterocycles. The van der Waals surface area contributed by atoms with Crippen LogP contribution in [0.3, 0.4) is 0 Å². The molecule has 0 fully saturated rings. The van der Waals surface area contributed by atoms with Gasteiger partial charge in [-0.2, -0.15) is 0 Å². The molecule has 0 aliphatic heterocycles. The lowest BCUT2D eigenvalue weighted by atomic mass is 9.90. The lowest BCUT2D eigenvalue weighted by Gasteiger charge is -2.17. The second-order valence-electron chi connectivity index (χ2n) is 6.21. The Balaban J connectivity index is 1.64. The van der Waals surface area contributed by atoms with Crippen molar-refractivity contribution in [3.05, 3.63) is 57.2 Å². The number of halogens is 2. The van der Waals surface area contributed by atoms with E-state index in [-0.39, 0.29) is 10.8 Å². The summed E-state index contributed by atoms with van der Waals surface area (Å²) >= 11 is 11.8. The van der Waals surface area contributed by atoms with E-state index in [2.05, 4.69) is 10.3 Å². The average molecular weight is 393 g/mol. The molecule has 3 rings (SSSR count). The van der Waals surface area contributed by atoms with Crippen molar-refractivity contribution in [3.63, 3.8) is 0 Å². The van der Waals surface area contributed by atoms with E-state index in [0.717, 1.165) is 19.3 Å². The predicted molar refractivity (Wildman–Crippen MR) is 101 cm³/mol. The van der Waals surface area contributed by atoms with E-state index in [0.29, 0.717) is 10.6 Å². The summed E-state index contributed by atoms with van der Waals surface area (Å²) in [5.74, 6) is -0.887. The van der Waals surface area contributed by atoms with Gasteiger partial charge in [-0.3, -0.25) is 4.79 Å². The van der Waals surface area contributed by atoms with Gasteiger partial charge in [-0.15, -0.1) is 0 Å². The number of nitrogens with zero attached hydrogens (tertiary/aromatic N) is 1. The van der Waals surface area contributed by atoms with Gasteiger partial charge in [-0.1, -0.05) is 29.3 Å². The van der Waals surface area contributed by atoms with Gasteiger partial charge in [-0.25, -0.2) is 9.78 Å². The van der Waals surface area contributed by atoms with Gasteiger partial charge >= 0.3 is 5.97 Å². The Bertz CT molecular complexity index is 855. The van der Waals surface area contributed by atoms with Gasteiger partial charge in [0.05, 0.1) is 15.6 Å². The third-order valence-electron chi connectivity index (χ3n) is 4.29. The van der Waals surface area contributed by atoms with Gasteiger partial charge in [0.15, 0.2) is 11.9 Å². The number of anilines is 1. The maximum Gasteiger partial charge on any atom is 0.338 e. The maximum atomic E-state index is 12.3. The van der Waals surface area contributed by atoms with Crippen molar-refractivity contribution in [1.82, 2.24) is 4.98 Å². The van der Waals surface area contributed by atoms with Gasteiger partial charge in [0, 0.05) is 6.20 Å². The lowest BCUT2D eigenvalue weighted by molar-refractivity contribution is -0.123. The van der Waals surface area contributed by atoms with Crippen LogP contribution in [0.1, 0.15) is 41.3 Å². The number of rotatable bonds is 4. The number of amides is 1. The molecular weight excluding hydrogens is 375 g/mol. The Kier molecular flexibility index (Phi) is 5.79. The summed E-state index contributed by atoms with van der Waals surface area (Å²) in [5, 5.41) is 3.09. The molecule has 2 aromatic rings. The van der Waals surface area contributed by atoms with Crippen LogP contribution < -0.4 is 5.32 Å². The molecule has 1 aromatic heterocycles. The molecule has 0 bridgehead atoms. The average Bonchev–Trinajstić information content (AvgIpc) is 2.63. The first kappa shape index (κ1) is 18.7. The fraction of sp³-hybridized carbons (Fsp3) is 0.316. The highest BCUT2D eigenvalue weighted by Gasteiger charge is 2.21. The zero-order chi connectivity index (χ0) is 18.7. The number of carbonyl (C=O) groups excluding carboxylic acids is 2. The third kappa shape index (κ3) is 4.34. The summed E-state index contributed by atoms with van der Waals surface area (Å²) in [7, 11) is 0. The Labute approximate surface area is 161 Å². The van der Waals surface area contributed by atoms with Crippen molar-refractivity contribution >= 4 is 40.9 Å². The number of hydrogen-bond acceptors (Lipinski definition) is 4. The first-order valence-electron chi connectivity index (χ1n) is 8.39. The largest absolute Gasteiger partial charge is 0.449 e. The number of nitrogens with one attached hydrogen (secondary N) is 1. The van der Waals surface area contributed by atoms with Crippen molar-refractivity contribution in [2.45, 2.75) is 38.7 Å². The van der Waals surface area contributed by atoms with Crippen molar-refractivity contribution in [1.29, 1.82) is 0 Å². The molecule has 1 aliphatic rings. The molecule has 0 saturated carbocycles. The van der Waals surface area contributed by atoms with Crippen LogP contribution in [0, 0.1) is 0 Å². The van der Waals surface area contributed by atoms with E-state index in [4.69, 9.17) is 27.9 Å². The minimum atomic E-state index is -0.993. The Morgan fingerprint density at radius 3 is 2.62 bits per heavy atom. The predicted octanol–water partition coefficient (Wildman–Crippen LogP) is 4.45. The van der Waals surface area contributed by atoms with Crippen LogP contribution in [0.4, 0.5) is 5.82 Å². The molecular formula is C19H18Cl2N2O3. The number of aromatic nitrogens is 1. The molecule has 1 aliphatic carbocycles. The molecule has 0 spiro atoms. The zero-order valence-corrected chi connectivity index (χ0v) is 15.7.